The number of fused-ring (bicyclic) bond motifs is 1. The maximum absolute atomic E-state index is 13.8. The first-order valence-corrected chi connectivity index (χ1v) is 11.9. The Kier molecular flexibility index (Phi) is 8.77. The number of hydrogen-bond acceptors (Lipinski definition) is 5. The van der Waals surface area contributed by atoms with Gasteiger partial charge in [-0.3, -0.25) is 9.78 Å². The van der Waals surface area contributed by atoms with Crippen LogP contribution in [0.3, 0.4) is 0 Å². The average molecular weight is 522 g/mol. The second-order valence-corrected chi connectivity index (χ2v) is 9.46. The molecule has 2 aliphatic heterocycles. The number of carbonyl (C=O) groups excluding carboxylic acids is 2. The molecule has 37 heavy (non-hydrogen) atoms. The first-order valence-electron chi connectivity index (χ1n) is 11.9. The van der Waals surface area contributed by atoms with Crippen molar-refractivity contribution in [3.8, 4) is 0 Å². The molecule has 1 spiro atoms. The summed E-state index contributed by atoms with van der Waals surface area (Å²) >= 11 is 0. The van der Waals surface area contributed by atoms with Gasteiger partial charge in [-0.15, -0.1) is 0 Å². The van der Waals surface area contributed by atoms with Crippen LogP contribution in [0.25, 0.3) is 0 Å². The van der Waals surface area contributed by atoms with Gasteiger partial charge in [0.2, 0.25) is 5.91 Å². The van der Waals surface area contributed by atoms with Crippen molar-refractivity contribution in [1.82, 2.24) is 14.8 Å². The van der Waals surface area contributed by atoms with Crippen molar-refractivity contribution in [2.24, 2.45) is 5.41 Å². The monoisotopic (exact) mass is 521 g/mol. The van der Waals surface area contributed by atoms with E-state index in [1.165, 1.54) is 11.1 Å². The second kappa shape index (κ2) is 11.6. The fourth-order valence-electron chi connectivity index (χ4n) is 4.56. The number of carboxylic acid groups (broad SMARTS) is 1. The summed E-state index contributed by atoms with van der Waals surface area (Å²) in [6, 6.07) is 12.3. The SMILES string of the molecule is CC(C)OC(=O)N1CCC2(CC1)Cc1ccccc1CN(Cc1ccncc1)C2=O.O=C(O)C(F)(F)F. The van der Waals surface area contributed by atoms with Gasteiger partial charge in [-0.25, -0.2) is 9.59 Å². The van der Waals surface area contributed by atoms with Crippen molar-refractivity contribution < 1.29 is 37.4 Å². The van der Waals surface area contributed by atoms with Crippen LogP contribution in [0.1, 0.15) is 43.4 Å². The number of ether oxygens (including phenoxy) is 1. The van der Waals surface area contributed by atoms with Crippen LogP contribution in [-0.4, -0.2) is 63.2 Å². The quantitative estimate of drug-likeness (QED) is 0.642. The highest BCUT2D eigenvalue weighted by atomic mass is 19.4. The molecule has 1 N–H and O–H groups in total. The molecule has 11 heteroatoms. The summed E-state index contributed by atoms with van der Waals surface area (Å²) in [7, 11) is 0. The molecule has 8 nitrogen and oxygen atoms in total. The number of likely N-dealkylation sites (tertiary alicyclic amines) is 1. The highest BCUT2D eigenvalue weighted by Gasteiger charge is 2.46. The molecule has 200 valence electrons. The molecule has 1 aromatic carbocycles. The zero-order chi connectivity index (χ0) is 27.2. The number of alkyl halides is 3. The Balaban J connectivity index is 0.000000479. The van der Waals surface area contributed by atoms with E-state index in [0.29, 0.717) is 39.0 Å². The number of hydrogen-bond donors (Lipinski definition) is 1. The Morgan fingerprint density at radius 2 is 1.65 bits per heavy atom. The van der Waals surface area contributed by atoms with E-state index in [1.54, 1.807) is 17.3 Å². The number of halogens is 3. The number of rotatable bonds is 3. The van der Waals surface area contributed by atoms with Gasteiger partial charge in [-0.2, -0.15) is 13.2 Å². The molecule has 3 heterocycles. The minimum absolute atomic E-state index is 0.143. The summed E-state index contributed by atoms with van der Waals surface area (Å²) in [5.74, 6) is -2.57. The van der Waals surface area contributed by atoms with Crippen molar-refractivity contribution >= 4 is 18.0 Å². The largest absolute Gasteiger partial charge is 0.490 e. The van der Waals surface area contributed by atoms with Gasteiger partial charge in [-0.1, -0.05) is 24.3 Å². The van der Waals surface area contributed by atoms with Crippen LogP contribution < -0.4 is 0 Å². The highest BCUT2D eigenvalue weighted by Crippen LogP contribution is 2.41. The molecule has 0 radical (unpaired) electrons. The molecule has 0 unspecified atom stereocenters. The van der Waals surface area contributed by atoms with E-state index >= 15 is 0 Å². The van der Waals surface area contributed by atoms with Crippen LogP contribution in [-0.2, 0) is 33.8 Å². The fourth-order valence-corrected chi connectivity index (χ4v) is 4.56. The number of piperidine rings is 1. The van der Waals surface area contributed by atoms with E-state index in [0.717, 1.165) is 12.0 Å². The maximum atomic E-state index is 13.8. The smallest absolute Gasteiger partial charge is 0.475 e. The molecule has 0 bridgehead atoms. The molecular weight excluding hydrogens is 491 g/mol. The topological polar surface area (TPSA) is 100 Å². The second-order valence-electron chi connectivity index (χ2n) is 9.46. The van der Waals surface area contributed by atoms with E-state index in [9.17, 15) is 22.8 Å². The van der Waals surface area contributed by atoms with Crippen molar-refractivity contribution in [2.75, 3.05) is 13.1 Å². The molecule has 0 saturated carbocycles. The average Bonchev–Trinajstić information content (AvgIpc) is 2.94. The minimum Gasteiger partial charge on any atom is -0.475 e. The lowest BCUT2D eigenvalue weighted by Gasteiger charge is -2.41. The zero-order valence-corrected chi connectivity index (χ0v) is 20.7. The van der Waals surface area contributed by atoms with Gasteiger partial charge in [0.05, 0.1) is 11.5 Å². The van der Waals surface area contributed by atoms with Crippen molar-refractivity contribution in [2.45, 2.75) is 58.5 Å². The minimum atomic E-state index is -5.08. The first kappa shape index (κ1) is 27.9. The lowest BCUT2D eigenvalue weighted by Crippen LogP contribution is -2.51. The van der Waals surface area contributed by atoms with Crippen molar-refractivity contribution in [3.63, 3.8) is 0 Å². The Morgan fingerprint density at radius 3 is 2.19 bits per heavy atom. The predicted molar refractivity (Wildman–Crippen MR) is 127 cm³/mol. The van der Waals surface area contributed by atoms with Gasteiger partial charge in [0.1, 0.15) is 0 Å². The molecule has 0 atom stereocenters. The number of amides is 2. The van der Waals surface area contributed by atoms with Gasteiger partial charge in [-0.05, 0) is 61.9 Å². The predicted octanol–water partition coefficient (Wildman–Crippen LogP) is 4.43. The molecule has 2 amide bonds. The van der Waals surface area contributed by atoms with Crippen LogP contribution in [0, 0.1) is 5.41 Å². The lowest BCUT2D eigenvalue weighted by molar-refractivity contribution is -0.192. The zero-order valence-electron chi connectivity index (χ0n) is 20.7. The summed E-state index contributed by atoms with van der Waals surface area (Å²) in [5.41, 5.74) is 3.04. The van der Waals surface area contributed by atoms with Crippen molar-refractivity contribution in [3.05, 3.63) is 65.5 Å². The number of pyridine rings is 1. The molecule has 0 aliphatic carbocycles. The Morgan fingerprint density at radius 1 is 1.08 bits per heavy atom. The molecule has 1 aromatic heterocycles. The molecule has 1 fully saturated rings. The number of nitrogens with zero attached hydrogens (tertiary/aromatic N) is 3. The lowest BCUT2D eigenvalue weighted by atomic mass is 9.73. The molecule has 2 aliphatic rings. The molecule has 4 rings (SSSR count). The number of benzene rings is 1. The van der Waals surface area contributed by atoms with Gasteiger partial charge < -0.3 is 19.6 Å². The summed E-state index contributed by atoms with van der Waals surface area (Å²) in [6.45, 7) is 5.97. The van der Waals surface area contributed by atoms with Crippen LogP contribution in [0.2, 0.25) is 0 Å². The third-order valence-corrected chi connectivity index (χ3v) is 6.43. The highest BCUT2D eigenvalue weighted by molar-refractivity contribution is 5.84. The summed E-state index contributed by atoms with van der Waals surface area (Å²) in [5, 5.41) is 7.12. The van der Waals surface area contributed by atoms with Gasteiger partial charge >= 0.3 is 18.2 Å². The standard InChI is InChI=1S/C24H29N3O3.C2HF3O2/c1-18(2)30-23(29)26-13-9-24(10-14-26)15-20-5-3-4-6-21(20)17-27(22(24)28)16-19-7-11-25-12-8-19;3-2(4,5)1(6)7/h3-8,11-12,18H,9-10,13-17H2,1-2H3;(H,6,7). The number of aliphatic carboxylic acids is 1. The van der Waals surface area contributed by atoms with Crippen LogP contribution >= 0.6 is 0 Å². The van der Waals surface area contributed by atoms with E-state index in [1.807, 2.05) is 43.0 Å². The summed E-state index contributed by atoms with van der Waals surface area (Å²) in [6.07, 6.45) is 0.0495. The Labute approximate surface area is 213 Å². The third-order valence-electron chi connectivity index (χ3n) is 6.43. The van der Waals surface area contributed by atoms with Crippen LogP contribution in [0.4, 0.5) is 18.0 Å². The molecule has 2 aromatic rings. The maximum Gasteiger partial charge on any atom is 0.490 e. The Hall–Kier alpha value is -3.63. The van der Waals surface area contributed by atoms with Crippen LogP contribution in [0.5, 0.6) is 0 Å². The van der Waals surface area contributed by atoms with E-state index in [-0.39, 0.29) is 18.1 Å². The normalized spacial score (nSPS) is 17.0. The van der Waals surface area contributed by atoms with E-state index < -0.39 is 17.6 Å². The fraction of sp³-hybridized carbons (Fsp3) is 0.462. The van der Waals surface area contributed by atoms with Gasteiger partial charge in [0, 0.05) is 38.6 Å². The number of carboxylic acids is 1. The van der Waals surface area contributed by atoms with E-state index in [2.05, 4.69) is 17.1 Å². The number of aromatic nitrogens is 1. The molecule has 1 saturated heterocycles. The van der Waals surface area contributed by atoms with Gasteiger partial charge in [0.25, 0.3) is 0 Å². The van der Waals surface area contributed by atoms with Gasteiger partial charge in [0.15, 0.2) is 0 Å². The van der Waals surface area contributed by atoms with E-state index in [4.69, 9.17) is 14.6 Å². The summed E-state index contributed by atoms with van der Waals surface area (Å²) in [4.78, 5) is 42.9. The first-order chi connectivity index (χ1) is 17.4. The molecular formula is C26H30F3N3O5. The number of carbonyl (C=O) groups is 3. The third kappa shape index (κ3) is 7.21. The van der Waals surface area contributed by atoms with Crippen molar-refractivity contribution in [1.29, 1.82) is 0 Å². The Bertz CT molecular complexity index is 1100. The van der Waals surface area contributed by atoms with Crippen LogP contribution in [0.15, 0.2) is 48.8 Å². The summed E-state index contributed by atoms with van der Waals surface area (Å²) < 4.78 is 37.1.